The van der Waals surface area contributed by atoms with Gasteiger partial charge >= 0.3 is 0 Å². The van der Waals surface area contributed by atoms with Gasteiger partial charge in [-0.2, -0.15) is 0 Å². The number of carbonyl (C=O) groups excluding carboxylic acids is 2. The van der Waals surface area contributed by atoms with E-state index in [1.807, 2.05) is 16.7 Å². The second-order valence-electron chi connectivity index (χ2n) is 6.28. The van der Waals surface area contributed by atoms with E-state index >= 15 is 0 Å². The molecule has 2 amide bonds. The molecule has 1 unspecified atom stereocenters. The molecule has 0 radical (unpaired) electrons. The number of nitrogens with two attached hydrogens (primary N) is 1. The van der Waals surface area contributed by atoms with Crippen molar-refractivity contribution in [3.8, 4) is 0 Å². The van der Waals surface area contributed by atoms with E-state index in [-0.39, 0.29) is 17.9 Å². The highest BCUT2D eigenvalue weighted by atomic mass is 16.2. The number of amides is 2. The number of carbonyl (C=O) groups is 2. The molecule has 0 bridgehead atoms. The van der Waals surface area contributed by atoms with Gasteiger partial charge in [0, 0.05) is 51.7 Å². The van der Waals surface area contributed by atoms with E-state index in [4.69, 9.17) is 5.73 Å². The first-order valence-electron chi connectivity index (χ1n) is 8.10. The topological polar surface area (TPSA) is 69.9 Å². The molecule has 0 aromatic carbocycles. The van der Waals surface area contributed by atoms with Crippen molar-refractivity contribution in [3.05, 3.63) is 0 Å². The van der Waals surface area contributed by atoms with E-state index in [1.54, 1.807) is 0 Å². The molecular weight excluding hydrogens is 268 g/mol. The number of likely N-dealkylation sites (tertiary alicyclic amines) is 1. The van der Waals surface area contributed by atoms with Crippen LogP contribution in [0.15, 0.2) is 0 Å². The monoisotopic (exact) mass is 296 g/mol. The van der Waals surface area contributed by atoms with Crippen LogP contribution in [0.5, 0.6) is 0 Å². The molecule has 1 atom stereocenters. The summed E-state index contributed by atoms with van der Waals surface area (Å²) in [6, 6.07) is -0.0893. The second-order valence-corrected chi connectivity index (χ2v) is 6.28. The maximum atomic E-state index is 12.2. The van der Waals surface area contributed by atoms with Gasteiger partial charge in [-0.05, 0) is 26.2 Å². The van der Waals surface area contributed by atoms with Crippen LogP contribution in [0.1, 0.15) is 32.6 Å². The van der Waals surface area contributed by atoms with Gasteiger partial charge in [-0.15, -0.1) is 0 Å². The summed E-state index contributed by atoms with van der Waals surface area (Å²) < 4.78 is 0. The van der Waals surface area contributed by atoms with Crippen molar-refractivity contribution in [1.82, 2.24) is 14.7 Å². The Balaban J connectivity index is 1.77. The van der Waals surface area contributed by atoms with Gasteiger partial charge in [-0.1, -0.05) is 0 Å². The van der Waals surface area contributed by atoms with Crippen LogP contribution in [0.2, 0.25) is 0 Å². The van der Waals surface area contributed by atoms with Gasteiger partial charge in [0.25, 0.3) is 0 Å². The third kappa shape index (κ3) is 4.97. The van der Waals surface area contributed by atoms with Crippen molar-refractivity contribution in [2.45, 2.75) is 38.6 Å². The summed E-state index contributed by atoms with van der Waals surface area (Å²) in [6.45, 7) is 7.33. The van der Waals surface area contributed by atoms with Crippen molar-refractivity contribution in [2.24, 2.45) is 5.73 Å². The third-order valence-corrected chi connectivity index (χ3v) is 4.26. The van der Waals surface area contributed by atoms with Gasteiger partial charge in [0.2, 0.25) is 11.8 Å². The lowest BCUT2D eigenvalue weighted by atomic mass is 10.2. The maximum Gasteiger partial charge on any atom is 0.236 e. The summed E-state index contributed by atoms with van der Waals surface area (Å²) in [5.74, 6) is 0.376. The molecule has 21 heavy (non-hydrogen) atoms. The van der Waals surface area contributed by atoms with Crippen LogP contribution in [0.4, 0.5) is 0 Å². The summed E-state index contributed by atoms with van der Waals surface area (Å²) in [6.07, 6.45) is 3.60. The number of hydrogen-bond acceptors (Lipinski definition) is 4. The van der Waals surface area contributed by atoms with E-state index in [0.29, 0.717) is 19.5 Å². The van der Waals surface area contributed by atoms with Crippen molar-refractivity contribution in [2.75, 3.05) is 45.8 Å². The molecular formula is C15H28N4O2. The van der Waals surface area contributed by atoms with Crippen molar-refractivity contribution in [3.63, 3.8) is 0 Å². The van der Waals surface area contributed by atoms with Gasteiger partial charge in [0.05, 0.1) is 6.54 Å². The lowest BCUT2D eigenvalue weighted by Gasteiger charge is -2.24. The van der Waals surface area contributed by atoms with Crippen LogP contribution in [-0.2, 0) is 9.59 Å². The van der Waals surface area contributed by atoms with Crippen LogP contribution in [-0.4, -0.2) is 78.4 Å². The molecule has 6 heteroatoms. The standard InChI is InChI=1S/C15H28N4O2/c1-13(16)11-14(20)19-8-4-5-17(9-10-19)12-15(21)18-6-2-3-7-18/h13H,2-12,16H2,1H3. The van der Waals surface area contributed by atoms with Gasteiger partial charge in [-0.25, -0.2) is 0 Å². The first kappa shape index (κ1) is 16.2. The molecule has 2 saturated heterocycles. The highest BCUT2D eigenvalue weighted by Gasteiger charge is 2.23. The highest BCUT2D eigenvalue weighted by molar-refractivity contribution is 5.78. The summed E-state index contributed by atoms with van der Waals surface area (Å²) in [5, 5.41) is 0. The second kappa shape index (κ2) is 7.75. The molecule has 0 aromatic rings. The first-order valence-corrected chi connectivity index (χ1v) is 8.10. The van der Waals surface area contributed by atoms with Crippen molar-refractivity contribution < 1.29 is 9.59 Å². The fourth-order valence-corrected chi connectivity index (χ4v) is 3.04. The normalized spacial score (nSPS) is 22.2. The average molecular weight is 296 g/mol. The van der Waals surface area contributed by atoms with E-state index in [2.05, 4.69) is 4.90 Å². The summed E-state index contributed by atoms with van der Waals surface area (Å²) in [4.78, 5) is 30.3. The molecule has 2 rings (SSSR count). The largest absolute Gasteiger partial charge is 0.342 e. The Morgan fingerprint density at radius 2 is 1.52 bits per heavy atom. The van der Waals surface area contributed by atoms with Gasteiger partial charge < -0.3 is 15.5 Å². The molecule has 0 aliphatic carbocycles. The van der Waals surface area contributed by atoms with E-state index < -0.39 is 0 Å². The Bertz CT molecular complexity index is 367. The predicted octanol–water partition coefficient (Wildman–Crippen LogP) is -0.120. The van der Waals surface area contributed by atoms with Crippen molar-refractivity contribution in [1.29, 1.82) is 0 Å². The Hall–Kier alpha value is -1.14. The SMILES string of the molecule is CC(N)CC(=O)N1CCCN(CC(=O)N2CCCC2)CC1. The lowest BCUT2D eigenvalue weighted by Crippen LogP contribution is -2.41. The zero-order valence-corrected chi connectivity index (χ0v) is 13.1. The molecule has 6 nitrogen and oxygen atoms in total. The Morgan fingerprint density at radius 1 is 0.905 bits per heavy atom. The average Bonchev–Trinajstić information content (AvgIpc) is 2.86. The Morgan fingerprint density at radius 3 is 2.19 bits per heavy atom. The Kier molecular flexibility index (Phi) is 5.99. The minimum absolute atomic E-state index is 0.0893. The van der Waals surface area contributed by atoms with E-state index in [0.717, 1.165) is 52.0 Å². The summed E-state index contributed by atoms with van der Waals surface area (Å²) in [7, 11) is 0. The van der Waals surface area contributed by atoms with Crippen LogP contribution in [0, 0.1) is 0 Å². The highest BCUT2D eigenvalue weighted by Crippen LogP contribution is 2.10. The van der Waals surface area contributed by atoms with Gasteiger partial charge in [-0.3, -0.25) is 14.5 Å². The molecule has 120 valence electrons. The predicted molar refractivity (Wildman–Crippen MR) is 81.7 cm³/mol. The zero-order valence-electron chi connectivity index (χ0n) is 13.1. The molecule has 0 aromatic heterocycles. The molecule has 2 heterocycles. The summed E-state index contributed by atoms with van der Waals surface area (Å²) >= 11 is 0. The first-order chi connectivity index (χ1) is 10.1. The quantitative estimate of drug-likeness (QED) is 0.785. The molecule has 0 spiro atoms. The van der Waals surface area contributed by atoms with E-state index in [9.17, 15) is 9.59 Å². The Labute approximate surface area is 127 Å². The van der Waals surface area contributed by atoms with Gasteiger partial charge in [0.15, 0.2) is 0 Å². The van der Waals surface area contributed by atoms with E-state index in [1.165, 1.54) is 0 Å². The third-order valence-electron chi connectivity index (χ3n) is 4.26. The fourth-order valence-electron chi connectivity index (χ4n) is 3.04. The lowest BCUT2D eigenvalue weighted by molar-refractivity contribution is -0.131. The van der Waals surface area contributed by atoms with Crippen LogP contribution in [0.25, 0.3) is 0 Å². The van der Waals surface area contributed by atoms with Gasteiger partial charge in [0.1, 0.15) is 0 Å². The fraction of sp³-hybridized carbons (Fsp3) is 0.867. The van der Waals surface area contributed by atoms with Crippen LogP contribution < -0.4 is 5.73 Å². The maximum absolute atomic E-state index is 12.2. The number of rotatable bonds is 4. The van der Waals surface area contributed by atoms with Crippen LogP contribution >= 0.6 is 0 Å². The number of hydrogen-bond donors (Lipinski definition) is 1. The smallest absolute Gasteiger partial charge is 0.236 e. The molecule has 2 N–H and O–H groups in total. The molecule has 2 aliphatic heterocycles. The molecule has 2 aliphatic rings. The number of nitrogens with zero attached hydrogens (tertiary/aromatic N) is 3. The van der Waals surface area contributed by atoms with Crippen molar-refractivity contribution >= 4 is 11.8 Å². The van der Waals surface area contributed by atoms with Crippen LogP contribution in [0.3, 0.4) is 0 Å². The summed E-state index contributed by atoms with van der Waals surface area (Å²) in [5.41, 5.74) is 5.69. The minimum Gasteiger partial charge on any atom is -0.342 e. The zero-order chi connectivity index (χ0) is 15.2. The molecule has 2 fully saturated rings. The molecule has 0 saturated carbocycles. The minimum atomic E-state index is -0.0893.